The molecule has 0 spiro atoms. The molecule has 0 aliphatic carbocycles. The number of nitrogens with zero attached hydrogens (tertiary/aromatic N) is 2. The second kappa shape index (κ2) is 4.76. The van der Waals surface area contributed by atoms with Crippen molar-refractivity contribution in [3.8, 4) is 5.69 Å². The zero-order valence-corrected chi connectivity index (χ0v) is 11.3. The van der Waals surface area contributed by atoms with Crippen molar-refractivity contribution >= 4 is 0 Å². The van der Waals surface area contributed by atoms with Crippen molar-refractivity contribution in [3.05, 3.63) is 47.3 Å². The van der Waals surface area contributed by atoms with Gasteiger partial charge in [-0.15, -0.1) is 6.07 Å². The van der Waals surface area contributed by atoms with Crippen LogP contribution in [-0.4, -0.2) is 9.78 Å². The first-order valence-electron chi connectivity index (χ1n) is 4.70. The first-order valence-corrected chi connectivity index (χ1v) is 4.70. The minimum Gasteiger partial charge on any atom is -0.262 e. The molecule has 0 unspecified atom stereocenters. The van der Waals surface area contributed by atoms with Crippen LogP contribution in [0.2, 0.25) is 0 Å². The molecule has 0 aliphatic rings. The summed E-state index contributed by atoms with van der Waals surface area (Å²) in [5.74, 6) is 0. The van der Waals surface area contributed by atoms with E-state index in [2.05, 4.69) is 25.0 Å². The van der Waals surface area contributed by atoms with Crippen LogP contribution >= 0.6 is 0 Å². The molecule has 1 heterocycles. The van der Waals surface area contributed by atoms with Gasteiger partial charge in [-0.2, -0.15) is 29.4 Å². The third-order valence-corrected chi connectivity index (χ3v) is 2.57. The fourth-order valence-corrected chi connectivity index (χ4v) is 1.47. The third-order valence-electron chi connectivity index (χ3n) is 2.57. The van der Waals surface area contributed by atoms with Gasteiger partial charge in [0.2, 0.25) is 0 Å². The van der Waals surface area contributed by atoms with Gasteiger partial charge in [-0.3, -0.25) is 4.68 Å². The van der Waals surface area contributed by atoms with E-state index >= 15 is 0 Å². The Balaban J connectivity index is 0.00000112. The summed E-state index contributed by atoms with van der Waals surface area (Å²) in [5.41, 5.74) is 4.52. The fraction of sp³-hybridized carbons (Fsp3) is 0.250. The molecule has 82 valence electrons. The number of aryl methyl sites for hydroxylation is 1. The molecule has 1 aromatic heterocycles. The summed E-state index contributed by atoms with van der Waals surface area (Å²) in [4.78, 5) is 0. The summed E-state index contributed by atoms with van der Waals surface area (Å²) >= 11 is 0. The van der Waals surface area contributed by atoms with E-state index in [9.17, 15) is 0 Å². The molecule has 15 heavy (non-hydrogen) atoms. The van der Waals surface area contributed by atoms with Crippen LogP contribution in [0.15, 0.2) is 24.3 Å². The zero-order chi connectivity index (χ0) is 10.1. The summed E-state index contributed by atoms with van der Waals surface area (Å²) in [6.45, 7) is 6.20. The maximum absolute atomic E-state index is 4.47. The second-order valence-corrected chi connectivity index (χ2v) is 3.46. The molecule has 1 aromatic carbocycles. The maximum atomic E-state index is 4.47. The van der Waals surface area contributed by atoms with Crippen molar-refractivity contribution in [1.82, 2.24) is 9.78 Å². The van der Waals surface area contributed by atoms with Crippen LogP contribution in [0.25, 0.3) is 5.69 Å². The first-order chi connectivity index (χ1) is 6.70. The van der Waals surface area contributed by atoms with Crippen molar-refractivity contribution in [2.75, 3.05) is 0 Å². The molecule has 0 saturated carbocycles. The molecule has 0 N–H and O–H groups in total. The van der Waals surface area contributed by atoms with E-state index in [0.717, 1.165) is 11.4 Å². The van der Waals surface area contributed by atoms with Crippen LogP contribution in [-0.2, 0) is 21.1 Å². The van der Waals surface area contributed by atoms with E-state index in [0.29, 0.717) is 0 Å². The van der Waals surface area contributed by atoms with E-state index in [1.165, 1.54) is 11.3 Å². The van der Waals surface area contributed by atoms with Gasteiger partial charge in [-0.05, 0) is 32.0 Å². The van der Waals surface area contributed by atoms with E-state index in [1.807, 2.05) is 35.9 Å². The van der Waals surface area contributed by atoms with Crippen LogP contribution in [0.1, 0.15) is 17.0 Å². The molecule has 0 amide bonds. The summed E-state index contributed by atoms with van der Waals surface area (Å²) in [6.07, 6.45) is 0. The molecular weight excluding hydrogens is 367 g/mol. The number of hydrogen-bond donors (Lipinski definition) is 0. The van der Waals surface area contributed by atoms with Gasteiger partial charge in [0.1, 0.15) is 0 Å². The van der Waals surface area contributed by atoms with Crippen LogP contribution in [0.5, 0.6) is 0 Å². The summed E-state index contributed by atoms with van der Waals surface area (Å²) in [7, 11) is 0. The van der Waals surface area contributed by atoms with Crippen LogP contribution in [0, 0.1) is 26.8 Å². The van der Waals surface area contributed by atoms with E-state index in [1.54, 1.807) is 0 Å². The van der Waals surface area contributed by atoms with Gasteiger partial charge in [0.25, 0.3) is 0 Å². The summed E-state index contributed by atoms with van der Waals surface area (Å²) in [5, 5.41) is 4.47. The van der Waals surface area contributed by atoms with Crippen molar-refractivity contribution in [1.29, 1.82) is 0 Å². The minimum absolute atomic E-state index is 0. The predicted molar refractivity (Wildman–Crippen MR) is 56.6 cm³/mol. The first kappa shape index (κ1) is 12.2. The quantitative estimate of drug-likeness (QED) is 0.696. The molecule has 0 radical (unpaired) electrons. The fourth-order valence-electron chi connectivity index (χ4n) is 1.47. The van der Waals surface area contributed by atoms with Crippen molar-refractivity contribution < 1.29 is 21.1 Å². The number of aromatic nitrogens is 2. The van der Waals surface area contributed by atoms with Gasteiger partial charge in [-0.1, -0.05) is 0 Å². The Labute approximate surface area is 105 Å². The van der Waals surface area contributed by atoms with Gasteiger partial charge in [0.05, 0.1) is 5.69 Å². The Morgan fingerprint density at radius 2 is 1.93 bits per heavy atom. The molecular formula is C12H13N2Pt-. The van der Waals surface area contributed by atoms with E-state index < -0.39 is 0 Å². The normalized spacial score (nSPS) is 9.80. The smallest absolute Gasteiger partial charge is 0.0629 e. The molecule has 2 aromatic rings. The predicted octanol–water partition coefficient (Wildman–Crippen LogP) is 2.60. The van der Waals surface area contributed by atoms with E-state index in [-0.39, 0.29) is 21.1 Å². The standard InChI is InChI=1S/C12H13N2.Pt/c1-9-10(2)13-14(11(9)3)12-7-5-4-6-8-12;/h4-7H,1-3H3;/q-1;. The molecule has 0 atom stereocenters. The van der Waals surface area contributed by atoms with Crippen molar-refractivity contribution in [3.63, 3.8) is 0 Å². The topological polar surface area (TPSA) is 17.8 Å². The second-order valence-electron chi connectivity index (χ2n) is 3.46. The zero-order valence-electron chi connectivity index (χ0n) is 9.02. The molecule has 0 saturated heterocycles. The van der Waals surface area contributed by atoms with Crippen LogP contribution in [0.3, 0.4) is 0 Å². The molecule has 0 aliphatic heterocycles. The SMILES string of the molecule is Cc1nn(-c2[c-]cccc2)c(C)c1C.[Pt]. The van der Waals surface area contributed by atoms with Gasteiger partial charge >= 0.3 is 0 Å². The Bertz CT molecular complexity index is 446. The maximum Gasteiger partial charge on any atom is 0.0629 e. The molecule has 0 fully saturated rings. The summed E-state index contributed by atoms with van der Waals surface area (Å²) in [6, 6.07) is 11.0. The van der Waals surface area contributed by atoms with Gasteiger partial charge in [0, 0.05) is 26.8 Å². The number of benzene rings is 1. The average Bonchev–Trinajstić information content (AvgIpc) is 2.47. The van der Waals surface area contributed by atoms with E-state index in [4.69, 9.17) is 0 Å². The van der Waals surface area contributed by atoms with Crippen LogP contribution < -0.4 is 0 Å². The molecule has 2 rings (SSSR count). The van der Waals surface area contributed by atoms with Gasteiger partial charge in [-0.25, -0.2) is 0 Å². The van der Waals surface area contributed by atoms with Gasteiger partial charge in [0.15, 0.2) is 0 Å². The number of para-hydroxylation sites is 1. The Hall–Kier alpha value is -0.882. The summed E-state index contributed by atoms with van der Waals surface area (Å²) < 4.78 is 1.94. The third kappa shape index (κ3) is 2.21. The number of hydrogen-bond acceptors (Lipinski definition) is 1. The van der Waals surface area contributed by atoms with Crippen molar-refractivity contribution in [2.45, 2.75) is 20.8 Å². The largest absolute Gasteiger partial charge is 0.262 e. The minimum atomic E-state index is 0. The monoisotopic (exact) mass is 380 g/mol. The number of rotatable bonds is 1. The van der Waals surface area contributed by atoms with Crippen molar-refractivity contribution in [2.24, 2.45) is 0 Å². The van der Waals surface area contributed by atoms with Crippen LogP contribution in [0.4, 0.5) is 0 Å². The molecule has 0 bridgehead atoms. The van der Waals surface area contributed by atoms with Gasteiger partial charge < -0.3 is 0 Å². The average molecular weight is 380 g/mol. The Morgan fingerprint density at radius 1 is 1.20 bits per heavy atom. The Kier molecular flexibility index (Phi) is 3.87. The Morgan fingerprint density at radius 3 is 2.40 bits per heavy atom. The molecule has 2 nitrogen and oxygen atoms in total. The molecule has 3 heteroatoms.